The number of piperidine rings is 1. The second-order valence-electron chi connectivity index (χ2n) is 4.31. The standard InChI is InChI=1S/C13H18ClNO/c14-12-4-1-5-13(9-12)16-8-6-11-3-2-7-15-10-11/h1,4-5,9,11,15H,2-3,6-8,10H2/t11-/m0/s1. The lowest BCUT2D eigenvalue weighted by atomic mass is 9.97. The summed E-state index contributed by atoms with van der Waals surface area (Å²) in [4.78, 5) is 0. The fourth-order valence-corrected chi connectivity index (χ4v) is 2.25. The van der Waals surface area contributed by atoms with Crippen LogP contribution in [0.3, 0.4) is 0 Å². The highest BCUT2D eigenvalue weighted by Crippen LogP contribution is 2.19. The number of halogens is 1. The Balaban J connectivity index is 1.71. The van der Waals surface area contributed by atoms with E-state index in [4.69, 9.17) is 16.3 Å². The zero-order valence-electron chi connectivity index (χ0n) is 9.42. The zero-order valence-corrected chi connectivity index (χ0v) is 10.2. The van der Waals surface area contributed by atoms with Crippen LogP contribution < -0.4 is 10.1 Å². The van der Waals surface area contributed by atoms with Crippen molar-refractivity contribution in [2.24, 2.45) is 5.92 Å². The molecule has 1 saturated heterocycles. The molecule has 0 aromatic heterocycles. The quantitative estimate of drug-likeness (QED) is 0.872. The Hall–Kier alpha value is -0.730. The number of hydrogen-bond acceptors (Lipinski definition) is 2. The summed E-state index contributed by atoms with van der Waals surface area (Å²) in [5.74, 6) is 1.64. The zero-order chi connectivity index (χ0) is 11.2. The van der Waals surface area contributed by atoms with Gasteiger partial charge >= 0.3 is 0 Å². The minimum Gasteiger partial charge on any atom is -0.494 e. The van der Waals surface area contributed by atoms with Crippen LogP contribution in [0.25, 0.3) is 0 Å². The predicted octanol–water partition coefficient (Wildman–Crippen LogP) is 3.11. The minimum atomic E-state index is 0.733. The first-order chi connectivity index (χ1) is 7.84. The highest BCUT2D eigenvalue weighted by Gasteiger charge is 2.12. The van der Waals surface area contributed by atoms with E-state index in [0.717, 1.165) is 36.3 Å². The van der Waals surface area contributed by atoms with Crippen LogP contribution in [-0.2, 0) is 0 Å². The first kappa shape index (κ1) is 11.7. The van der Waals surface area contributed by atoms with E-state index in [-0.39, 0.29) is 0 Å². The molecule has 16 heavy (non-hydrogen) atoms. The third-order valence-electron chi connectivity index (χ3n) is 2.99. The van der Waals surface area contributed by atoms with Crippen molar-refractivity contribution in [2.75, 3.05) is 19.7 Å². The van der Waals surface area contributed by atoms with Gasteiger partial charge in [0.15, 0.2) is 0 Å². The van der Waals surface area contributed by atoms with Crippen molar-refractivity contribution in [1.82, 2.24) is 5.32 Å². The second kappa shape index (κ2) is 6.12. The fraction of sp³-hybridized carbons (Fsp3) is 0.538. The SMILES string of the molecule is Clc1cccc(OCC[C@@H]2CCCNC2)c1. The molecule has 0 aliphatic carbocycles. The molecule has 0 amide bonds. The van der Waals surface area contributed by atoms with Crippen LogP contribution in [0.5, 0.6) is 5.75 Å². The van der Waals surface area contributed by atoms with Gasteiger partial charge in [0.25, 0.3) is 0 Å². The molecule has 2 nitrogen and oxygen atoms in total. The summed E-state index contributed by atoms with van der Waals surface area (Å²) in [5.41, 5.74) is 0. The van der Waals surface area contributed by atoms with Gasteiger partial charge in [-0.3, -0.25) is 0 Å². The lowest BCUT2D eigenvalue weighted by molar-refractivity contribution is 0.254. The second-order valence-corrected chi connectivity index (χ2v) is 4.74. The summed E-state index contributed by atoms with van der Waals surface area (Å²) in [5, 5.41) is 4.15. The van der Waals surface area contributed by atoms with Crippen molar-refractivity contribution in [3.63, 3.8) is 0 Å². The van der Waals surface area contributed by atoms with E-state index < -0.39 is 0 Å². The third kappa shape index (κ3) is 3.69. The largest absolute Gasteiger partial charge is 0.494 e. The van der Waals surface area contributed by atoms with E-state index in [1.165, 1.54) is 19.4 Å². The van der Waals surface area contributed by atoms with Gasteiger partial charge < -0.3 is 10.1 Å². The summed E-state index contributed by atoms with van der Waals surface area (Å²) in [6, 6.07) is 7.59. The number of benzene rings is 1. The Morgan fingerprint density at radius 3 is 3.12 bits per heavy atom. The van der Waals surface area contributed by atoms with Gasteiger partial charge in [-0.25, -0.2) is 0 Å². The molecule has 0 saturated carbocycles. The van der Waals surface area contributed by atoms with E-state index in [1.807, 2.05) is 24.3 Å². The number of rotatable bonds is 4. The van der Waals surface area contributed by atoms with E-state index in [0.29, 0.717) is 0 Å². The van der Waals surface area contributed by atoms with Gasteiger partial charge in [-0.15, -0.1) is 0 Å². The van der Waals surface area contributed by atoms with Gasteiger partial charge in [-0.2, -0.15) is 0 Å². The summed E-state index contributed by atoms with van der Waals surface area (Å²) in [7, 11) is 0. The van der Waals surface area contributed by atoms with E-state index in [9.17, 15) is 0 Å². The molecule has 0 unspecified atom stereocenters. The third-order valence-corrected chi connectivity index (χ3v) is 3.22. The summed E-state index contributed by atoms with van der Waals surface area (Å²) in [6.07, 6.45) is 3.74. The van der Waals surface area contributed by atoms with Crippen LogP contribution in [0.2, 0.25) is 5.02 Å². The molecule has 1 aromatic carbocycles. The maximum Gasteiger partial charge on any atom is 0.120 e. The van der Waals surface area contributed by atoms with Crippen LogP contribution in [0.1, 0.15) is 19.3 Å². The monoisotopic (exact) mass is 239 g/mol. The molecule has 3 heteroatoms. The van der Waals surface area contributed by atoms with Gasteiger partial charge in [0.05, 0.1) is 6.61 Å². The van der Waals surface area contributed by atoms with Gasteiger partial charge in [-0.1, -0.05) is 17.7 Å². The lowest BCUT2D eigenvalue weighted by Gasteiger charge is -2.22. The predicted molar refractivity (Wildman–Crippen MR) is 67.2 cm³/mol. The Kier molecular flexibility index (Phi) is 4.49. The van der Waals surface area contributed by atoms with Crippen molar-refractivity contribution in [2.45, 2.75) is 19.3 Å². The molecule has 0 bridgehead atoms. The molecule has 1 atom stereocenters. The molecular weight excluding hydrogens is 222 g/mol. The highest BCUT2D eigenvalue weighted by molar-refractivity contribution is 6.30. The Morgan fingerprint density at radius 2 is 2.38 bits per heavy atom. The topological polar surface area (TPSA) is 21.3 Å². The van der Waals surface area contributed by atoms with Crippen LogP contribution in [0.15, 0.2) is 24.3 Å². The smallest absolute Gasteiger partial charge is 0.120 e. The number of nitrogens with one attached hydrogen (secondary N) is 1. The molecule has 1 heterocycles. The van der Waals surface area contributed by atoms with Crippen molar-refractivity contribution < 1.29 is 4.74 Å². The molecule has 1 aliphatic rings. The Bertz CT molecular complexity index is 323. The van der Waals surface area contributed by atoms with Gasteiger partial charge in [0, 0.05) is 5.02 Å². The van der Waals surface area contributed by atoms with Gasteiger partial charge in [0.1, 0.15) is 5.75 Å². The first-order valence-electron chi connectivity index (χ1n) is 5.94. The highest BCUT2D eigenvalue weighted by atomic mass is 35.5. The summed E-state index contributed by atoms with van der Waals surface area (Å²) < 4.78 is 5.68. The van der Waals surface area contributed by atoms with Crippen LogP contribution in [-0.4, -0.2) is 19.7 Å². The molecule has 1 aliphatic heterocycles. The maximum atomic E-state index is 5.88. The van der Waals surface area contributed by atoms with Crippen molar-refractivity contribution in [3.05, 3.63) is 29.3 Å². The molecule has 2 rings (SSSR count). The minimum absolute atomic E-state index is 0.733. The van der Waals surface area contributed by atoms with Crippen molar-refractivity contribution in [1.29, 1.82) is 0 Å². The fourth-order valence-electron chi connectivity index (χ4n) is 2.07. The average molecular weight is 240 g/mol. The lowest BCUT2D eigenvalue weighted by Crippen LogP contribution is -2.30. The van der Waals surface area contributed by atoms with E-state index in [2.05, 4.69) is 5.32 Å². The molecule has 1 fully saturated rings. The van der Waals surface area contributed by atoms with Crippen LogP contribution in [0, 0.1) is 5.92 Å². The first-order valence-corrected chi connectivity index (χ1v) is 6.31. The van der Waals surface area contributed by atoms with Gasteiger partial charge in [-0.05, 0) is 56.5 Å². The molecule has 1 N–H and O–H groups in total. The Labute approximate surface area is 102 Å². The van der Waals surface area contributed by atoms with Crippen LogP contribution >= 0.6 is 11.6 Å². The normalized spacial score (nSPS) is 20.7. The van der Waals surface area contributed by atoms with Crippen molar-refractivity contribution in [3.8, 4) is 5.75 Å². The van der Waals surface area contributed by atoms with Crippen LogP contribution in [0.4, 0.5) is 0 Å². The number of ether oxygens (including phenoxy) is 1. The van der Waals surface area contributed by atoms with E-state index in [1.54, 1.807) is 0 Å². The summed E-state index contributed by atoms with van der Waals surface area (Å²) >= 11 is 5.88. The van der Waals surface area contributed by atoms with Gasteiger partial charge in [0.2, 0.25) is 0 Å². The molecule has 0 spiro atoms. The number of hydrogen-bond donors (Lipinski definition) is 1. The molecular formula is C13H18ClNO. The Morgan fingerprint density at radius 1 is 1.44 bits per heavy atom. The summed E-state index contributed by atoms with van der Waals surface area (Å²) in [6.45, 7) is 3.09. The molecule has 0 radical (unpaired) electrons. The van der Waals surface area contributed by atoms with Crippen molar-refractivity contribution >= 4 is 11.6 Å². The average Bonchev–Trinajstić information content (AvgIpc) is 2.30. The molecule has 88 valence electrons. The maximum absolute atomic E-state index is 5.88. The van der Waals surface area contributed by atoms with E-state index >= 15 is 0 Å². The molecule has 1 aromatic rings.